The third-order valence-corrected chi connectivity index (χ3v) is 2.93. The minimum atomic E-state index is 0.723. The minimum Gasteiger partial charge on any atom is -0.379 e. The highest BCUT2D eigenvalue weighted by Crippen LogP contribution is 2.10. The quantitative estimate of drug-likeness (QED) is 0.823. The van der Waals surface area contributed by atoms with Crippen LogP contribution in [-0.2, 0) is 17.7 Å². The predicted octanol–water partition coefficient (Wildman–Crippen LogP) is 1.02. The molecule has 0 saturated carbocycles. The summed E-state index contributed by atoms with van der Waals surface area (Å²) in [7, 11) is 0. The Hall–Kier alpha value is -0.900. The zero-order valence-electron chi connectivity index (χ0n) is 9.69. The van der Waals surface area contributed by atoms with Gasteiger partial charge in [-0.15, -0.1) is 0 Å². The van der Waals surface area contributed by atoms with Crippen LogP contribution in [0.3, 0.4) is 0 Å². The molecule has 0 aliphatic carbocycles. The summed E-state index contributed by atoms with van der Waals surface area (Å²) in [4.78, 5) is 2.44. The van der Waals surface area contributed by atoms with Gasteiger partial charge in [0.15, 0.2) is 0 Å². The third-order valence-electron chi connectivity index (χ3n) is 2.93. The second kappa shape index (κ2) is 5.99. The van der Waals surface area contributed by atoms with Gasteiger partial charge in [-0.25, -0.2) is 0 Å². The van der Waals surface area contributed by atoms with Crippen LogP contribution >= 0.6 is 0 Å². The maximum Gasteiger partial charge on any atom is 0.0594 e. The minimum absolute atomic E-state index is 0.723. The molecule has 0 aromatic heterocycles. The van der Waals surface area contributed by atoms with Crippen LogP contribution in [0.15, 0.2) is 24.3 Å². The lowest BCUT2D eigenvalue weighted by Crippen LogP contribution is -2.35. The molecule has 1 heterocycles. The van der Waals surface area contributed by atoms with Crippen molar-refractivity contribution in [3.8, 4) is 0 Å². The van der Waals surface area contributed by atoms with Crippen LogP contribution in [0.1, 0.15) is 11.1 Å². The summed E-state index contributed by atoms with van der Waals surface area (Å²) in [6.07, 6.45) is 0.969. The molecule has 1 aromatic rings. The summed E-state index contributed by atoms with van der Waals surface area (Å²) >= 11 is 0. The van der Waals surface area contributed by atoms with Crippen molar-refractivity contribution in [3.05, 3.63) is 35.4 Å². The average Bonchev–Trinajstić information content (AvgIpc) is 2.31. The van der Waals surface area contributed by atoms with Gasteiger partial charge in [0.25, 0.3) is 0 Å². The van der Waals surface area contributed by atoms with E-state index < -0.39 is 0 Å². The molecule has 0 bridgehead atoms. The lowest BCUT2D eigenvalue weighted by atomic mass is 10.1. The fraction of sp³-hybridized carbons (Fsp3) is 0.538. The van der Waals surface area contributed by atoms with Crippen LogP contribution < -0.4 is 5.73 Å². The van der Waals surface area contributed by atoms with Crippen LogP contribution in [0.2, 0.25) is 0 Å². The van der Waals surface area contributed by atoms with Crippen LogP contribution in [-0.4, -0.2) is 37.7 Å². The average molecular weight is 220 g/mol. The Morgan fingerprint density at radius 2 is 1.94 bits per heavy atom. The van der Waals surface area contributed by atoms with Crippen LogP contribution in [0, 0.1) is 0 Å². The van der Waals surface area contributed by atoms with Crippen molar-refractivity contribution in [3.63, 3.8) is 0 Å². The number of hydrogen-bond donors (Lipinski definition) is 1. The lowest BCUT2D eigenvalue weighted by molar-refractivity contribution is 0.0342. The number of morpholine rings is 1. The number of rotatable bonds is 4. The molecule has 3 heteroatoms. The van der Waals surface area contributed by atoms with Crippen LogP contribution in [0.4, 0.5) is 0 Å². The van der Waals surface area contributed by atoms with Crippen molar-refractivity contribution < 1.29 is 4.74 Å². The molecule has 2 N–H and O–H groups in total. The molecule has 1 aliphatic heterocycles. The number of benzene rings is 1. The molecule has 1 aliphatic rings. The van der Waals surface area contributed by atoms with Crippen molar-refractivity contribution in [2.75, 3.05) is 32.8 Å². The van der Waals surface area contributed by atoms with Gasteiger partial charge >= 0.3 is 0 Å². The van der Waals surface area contributed by atoms with Gasteiger partial charge in [0, 0.05) is 19.6 Å². The van der Waals surface area contributed by atoms with Gasteiger partial charge in [-0.3, -0.25) is 4.90 Å². The Bertz CT molecular complexity index is 321. The van der Waals surface area contributed by atoms with Gasteiger partial charge in [0.2, 0.25) is 0 Å². The molecule has 88 valence electrons. The number of ether oxygens (including phenoxy) is 1. The van der Waals surface area contributed by atoms with E-state index >= 15 is 0 Å². The van der Waals surface area contributed by atoms with Gasteiger partial charge in [-0.05, 0) is 24.1 Å². The van der Waals surface area contributed by atoms with E-state index in [0.717, 1.165) is 45.8 Å². The Labute approximate surface area is 97.2 Å². The second-order valence-corrected chi connectivity index (χ2v) is 4.25. The van der Waals surface area contributed by atoms with Crippen molar-refractivity contribution in [1.82, 2.24) is 4.90 Å². The normalized spacial score (nSPS) is 17.6. The van der Waals surface area contributed by atoms with E-state index in [9.17, 15) is 0 Å². The van der Waals surface area contributed by atoms with Gasteiger partial charge in [-0.2, -0.15) is 0 Å². The van der Waals surface area contributed by atoms with E-state index in [1.807, 2.05) is 0 Å². The van der Waals surface area contributed by atoms with E-state index in [1.54, 1.807) is 0 Å². The molecular weight excluding hydrogens is 200 g/mol. The SMILES string of the molecule is NCCc1cccc(CN2CCOCC2)c1. The summed E-state index contributed by atoms with van der Waals surface area (Å²) in [5, 5.41) is 0. The molecule has 1 saturated heterocycles. The van der Waals surface area contributed by atoms with Crippen molar-refractivity contribution >= 4 is 0 Å². The lowest BCUT2D eigenvalue weighted by Gasteiger charge is -2.26. The summed E-state index contributed by atoms with van der Waals surface area (Å²) < 4.78 is 5.34. The summed E-state index contributed by atoms with van der Waals surface area (Å²) in [5.41, 5.74) is 8.29. The molecule has 2 rings (SSSR count). The fourth-order valence-electron chi connectivity index (χ4n) is 2.07. The molecule has 1 fully saturated rings. The Morgan fingerprint density at radius 3 is 2.69 bits per heavy atom. The largest absolute Gasteiger partial charge is 0.379 e. The first-order valence-electron chi connectivity index (χ1n) is 5.96. The van der Waals surface area contributed by atoms with E-state index in [-0.39, 0.29) is 0 Å². The predicted molar refractivity (Wildman–Crippen MR) is 65.3 cm³/mol. The molecule has 0 atom stereocenters. The summed E-state index contributed by atoms with van der Waals surface area (Å²) in [6, 6.07) is 8.73. The standard InChI is InChI=1S/C13H20N2O/c14-5-4-12-2-1-3-13(10-12)11-15-6-8-16-9-7-15/h1-3,10H,4-9,11,14H2. The van der Waals surface area contributed by atoms with E-state index in [2.05, 4.69) is 29.2 Å². The Morgan fingerprint density at radius 1 is 1.19 bits per heavy atom. The first kappa shape index (κ1) is 11.6. The monoisotopic (exact) mass is 220 g/mol. The van der Waals surface area contributed by atoms with E-state index in [0.29, 0.717) is 0 Å². The number of nitrogens with zero attached hydrogens (tertiary/aromatic N) is 1. The summed E-state index contributed by atoms with van der Waals surface area (Å²) in [6.45, 7) is 5.57. The molecule has 0 spiro atoms. The maximum atomic E-state index is 5.57. The Kier molecular flexibility index (Phi) is 4.34. The molecular formula is C13H20N2O. The third kappa shape index (κ3) is 3.30. The topological polar surface area (TPSA) is 38.5 Å². The highest BCUT2D eigenvalue weighted by Gasteiger charge is 2.10. The molecule has 1 aromatic carbocycles. The molecule has 0 unspecified atom stereocenters. The van der Waals surface area contributed by atoms with Gasteiger partial charge in [0.1, 0.15) is 0 Å². The van der Waals surface area contributed by atoms with Crippen LogP contribution in [0.25, 0.3) is 0 Å². The molecule has 3 nitrogen and oxygen atoms in total. The molecule has 0 amide bonds. The van der Waals surface area contributed by atoms with Gasteiger partial charge < -0.3 is 10.5 Å². The van der Waals surface area contributed by atoms with Gasteiger partial charge in [0.05, 0.1) is 13.2 Å². The first-order chi connectivity index (χ1) is 7.88. The van der Waals surface area contributed by atoms with Crippen molar-refractivity contribution in [1.29, 1.82) is 0 Å². The number of nitrogens with two attached hydrogens (primary N) is 1. The highest BCUT2D eigenvalue weighted by atomic mass is 16.5. The van der Waals surface area contributed by atoms with Gasteiger partial charge in [-0.1, -0.05) is 24.3 Å². The maximum absolute atomic E-state index is 5.57. The molecule has 0 radical (unpaired) electrons. The Balaban J connectivity index is 1.94. The van der Waals surface area contributed by atoms with Crippen molar-refractivity contribution in [2.45, 2.75) is 13.0 Å². The van der Waals surface area contributed by atoms with Crippen molar-refractivity contribution in [2.24, 2.45) is 5.73 Å². The zero-order valence-corrected chi connectivity index (χ0v) is 9.69. The summed E-state index contributed by atoms with van der Waals surface area (Å²) in [5.74, 6) is 0. The van der Waals surface area contributed by atoms with Crippen LogP contribution in [0.5, 0.6) is 0 Å². The number of hydrogen-bond acceptors (Lipinski definition) is 3. The zero-order chi connectivity index (χ0) is 11.2. The second-order valence-electron chi connectivity index (χ2n) is 4.25. The molecule has 16 heavy (non-hydrogen) atoms. The smallest absolute Gasteiger partial charge is 0.0594 e. The van der Waals surface area contributed by atoms with E-state index in [1.165, 1.54) is 11.1 Å². The first-order valence-corrected chi connectivity index (χ1v) is 5.96. The fourth-order valence-corrected chi connectivity index (χ4v) is 2.07. The van der Waals surface area contributed by atoms with E-state index in [4.69, 9.17) is 10.5 Å². The highest BCUT2D eigenvalue weighted by molar-refractivity contribution is 5.23.